The Morgan fingerprint density at radius 3 is 2.89 bits per heavy atom. The van der Waals surface area contributed by atoms with Gasteiger partial charge in [0.15, 0.2) is 0 Å². The predicted molar refractivity (Wildman–Crippen MR) is 112 cm³/mol. The minimum Gasteiger partial charge on any atom is -0.444 e. The molecule has 1 N–H and O–H groups in total. The van der Waals surface area contributed by atoms with Gasteiger partial charge in [-0.05, 0) is 50.0 Å². The van der Waals surface area contributed by atoms with Gasteiger partial charge in [-0.3, -0.25) is 15.2 Å². The van der Waals surface area contributed by atoms with Crippen LogP contribution in [0.3, 0.4) is 0 Å². The molecule has 3 aromatic rings. The summed E-state index contributed by atoms with van der Waals surface area (Å²) in [6.07, 6.45) is 6.35. The van der Waals surface area contributed by atoms with E-state index in [-0.39, 0.29) is 18.2 Å². The number of nitrogens with zero attached hydrogens (tertiary/aromatic N) is 2. The minimum atomic E-state index is -0.349. The number of nitrogens with one attached hydrogen (secondary N) is 1. The summed E-state index contributed by atoms with van der Waals surface area (Å²) in [5, 5.41) is 6.02. The fourth-order valence-electron chi connectivity index (χ4n) is 4.62. The standard InChI is InChI=1S/C22H23N3O2S/c26-22(24-18-14-28-20-6-2-1-5-17(18)20)27-21-16-7-10-25(11-8-16)19(21)12-15-4-3-9-23-13-15/h1-6,9,13-14,16,19,21H,7-8,10-12H2,(H,24,26). The third-order valence-electron chi connectivity index (χ3n) is 6.02. The van der Waals surface area contributed by atoms with Gasteiger partial charge in [0.25, 0.3) is 0 Å². The third-order valence-corrected chi connectivity index (χ3v) is 6.98. The van der Waals surface area contributed by atoms with E-state index in [1.54, 1.807) is 17.5 Å². The van der Waals surface area contributed by atoms with Crippen LogP contribution in [-0.4, -0.2) is 41.2 Å². The molecule has 2 atom stereocenters. The molecule has 1 aromatic carbocycles. The highest BCUT2D eigenvalue weighted by Gasteiger charge is 2.44. The summed E-state index contributed by atoms with van der Waals surface area (Å²) in [5.41, 5.74) is 2.02. The second kappa shape index (κ2) is 7.53. The average Bonchev–Trinajstić information content (AvgIpc) is 3.14. The number of amides is 1. The largest absolute Gasteiger partial charge is 0.444 e. The van der Waals surface area contributed by atoms with Gasteiger partial charge < -0.3 is 4.74 Å². The Balaban J connectivity index is 1.32. The molecule has 6 heteroatoms. The van der Waals surface area contributed by atoms with Crippen LogP contribution in [0.25, 0.3) is 10.1 Å². The third kappa shape index (κ3) is 3.38. The summed E-state index contributed by atoms with van der Waals surface area (Å²) in [7, 11) is 0. The Hall–Kier alpha value is -2.44. The van der Waals surface area contributed by atoms with Crippen molar-refractivity contribution in [2.75, 3.05) is 18.4 Å². The first-order valence-corrected chi connectivity index (χ1v) is 10.7. The summed E-state index contributed by atoms with van der Waals surface area (Å²) in [6.45, 7) is 2.18. The lowest BCUT2D eigenvalue weighted by atomic mass is 9.78. The first-order chi connectivity index (χ1) is 13.8. The van der Waals surface area contributed by atoms with Crippen LogP contribution < -0.4 is 5.32 Å². The van der Waals surface area contributed by atoms with E-state index in [0.717, 1.165) is 48.1 Å². The lowest BCUT2D eigenvalue weighted by Gasteiger charge is -2.50. The SMILES string of the molecule is O=C(Nc1csc2ccccc12)OC1C2CCN(CC2)C1Cc1cccnc1. The summed E-state index contributed by atoms with van der Waals surface area (Å²) in [6, 6.07) is 12.4. The molecule has 0 radical (unpaired) electrons. The molecule has 0 saturated carbocycles. The van der Waals surface area contributed by atoms with Crippen LogP contribution in [0.5, 0.6) is 0 Å². The second-order valence-corrected chi connectivity index (χ2v) is 8.56. The van der Waals surface area contributed by atoms with Crippen molar-refractivity contribution in [1.82, 2.24) is 9.88 Å². The van der Waals surface area contributed by atoms with Crippen LogP contribution >= 0.6 is 11.3 Å². The number of fused-ring (bicyclic) bond motifs is 4. The smallest absolute Gasteiger partial charge is 0.412 e. The number of hydrogen-bond donors (Lipinski definition) is 1. The second-order valence-electron chi connectivity index (χ2n) is 7.65. The molecular weight excluding hydrogens is 370 g/mol. The van der Waals surface area contributed by atoms with Crippen molar-refractivity contribution in [3.8, 4) is 0 Å². The van der Waals surface area contributed by atoms with E-state index in [0.29, 0.717) is 5.92 Å². The monoisotopic (exact) mass is 393 g/mol. The number of piperidine rings is 3. The number of aromatic nitrogens is 1. The summed E-state index contributed by atoms with van der Waals surface area (Å²) in [4.78, 5) is 19.5. The Morgan fingerprint density at radius 1 is 1.21 bits per heavy atom. The van der Waals surface area contributed by atoms with Crippen molar-refractivity contribution in [1.29, 1.82) is 0 Å². The molecular formula is C22H23N3O2S. The number of pyridine rings is 1. The van der Waals surface area contributed by atoms with Crippen LogP contribution in [0.4, 0.5) is 10.5 Å². The molecule has 1 amide bonds. The maximum atomic E-state index is 12.7. The summed E-state index contributed by atoms with van der Waals surface area (Å²) >= 11 is 1.63. The van der Waals surface area contributed by atoms with E-state index in [1.807, 2.05) is 35.8 Å². The minimum absolute atomic E-state index is 0.0763. The van der Waals surface area contributed by atoms with Gasteiger partial charge in [-0.1, -0.05) is 24.3 Å². The van der Waals surface area contributed by atoms with E-state index in [2.05, 4.69) is 27.3 Å². The normalized spacial score (nSPS) is 26.3. The number of ether oxygens (including phenoxy) is 1. The Kier molecular flexibility index (Phi) is 4.74. The van der Waals surface area contributed by atoms with Gasteiger partial charge >= 0.3 is 6.09 Å². The van der Waals surface area contributed by atoms with E-state index in [1.165, 1.54) is 5.56 Å². The van der Waals surface area contributed by atoms with Gasteiger partial charge in [0.2, 0.25) is 0 Å². The van der Waals surface area contributed by atoms with Gasteiger partial charge in [0.1, 0.15) is 6.10 Å². The van der Waals surface area contributed by atoms with Gasteiger partial charge in [0, 0.05) is 33.8 Å². The molecule has 5 nitrogen and oxygen atoms in total. The van der Waals surface area contributed by atoms with Crippen molar-refractivity contribution in [2.24, 2.45) is 5.92 Å². The lowest BCUT2D eigenvalue weighted by Crippen LogP contribution is -2.60. The van der Waals surface area contributed by atoms with Crippen LogP contribution in [0.1, 0.15) is 18.4 Å². The highest BCUT2D eigenvalue weighted by Crippen LogP contribution is 2.36. The predicted octanol–water partition coefficient (Wildman–Crippen LogP) is 4.55. The number of hydrogen-bond acceptors (Lipinski definition) is 5. The highest BCUT2D eigenvalue weighted by molar-refractivity contribution is 7.17. The average molecular weight is 394 g/mol. The fourth-order valence-corrected chi connectivity index (χ4v) is 5.51. The van der Waals surface area contributed by atoms with E-state index < -0.39 is 0 Å². The van der Waals surface area contributed by atoms with Crippen LogP contribution in [0, 0.1) is 5.92 Å². The quantitative estimate of drug-likeness (QED) is 0.706. The van der Waals surface area contributed by atoms with Crippen molar-refractivity contribution >= 4 is 33.2 Å². The van der Waals surface area contributed by atoms with Gasteiger partial charge in [0.05, 0.1) is 11.7 Å². The molecule has 3 fully saturated rings. The maximum Gasteiger partial charge on any atom is 0.412 e. The van der Waals surface area contributed by atoms with Crippen molar-refractivity contribution in [3.05, 3.63) is 59.7 Å². The summed E-state index contributed by atoms with van der Waals surface area (Å²) < 4.78 is 7.19. The Morgan fingerprint density at radius 2 is 2.07 bits per heavy atom. The fraction of sp³-hybridized carbons (Fsp3) is 0.364. The van der Waals surface area contributed by atoms with Crippen LogP contribution in [-0.2, 0) is 11.2 Å². The Bertz CT molecular complexity index is 966. The molecule has 3 aliphatic rings. The summed E-state index contributed by atoms with van der Waals surface area (Å²) in [5.74, 6) is 0.441. The van der Waals surface area contributed by atoms with Crippen molar-refractivity contribution in [2.45, 2.75) is 31.4 Å². The number of benzene rings is 1. The van der Waals surface area contributed by atoms with Crippen LogP contribution in [0.15, 0.2) is 54.2 Å². The van der Waals surface area contributed by atoms with Gasteiger partial charge in [-0.2, -0.15) is 0 Å². The van der Waals surface area contributed by atoms with Gasteiger partial charge in [-0.25, -0.2) is 4.79 Å². The number of thiophene rings is 1. The van der Waals surface area contributed by atoms with E-state index in [4.69, 9.17) is 4.74 Å². The molecule has 3 saturated heterocycles. The topological polar surface area (TPSA) is 54.5 Å². The molecule has 2 unspecified atom stereocenters. The molecule has 0 aliphatic carbocycles. The zero-order valence-corrected chi connectivity index (χ0v) is 16.4. The number of anilines is 1. The van der Waals surface area contributed by atoms with Gasteiger partial charge in [-0.15, -0.1) is 11.3 Å². The zero-order chi connectivity index (χ0) is 18.9. The van der Waals surface area contributed by atoms with E-state index in [9.17, 15) is 4.79 Å². The first kappa shape index (κ1) is 17.6. The molecule has 6 rings (SSSR count). The molecule has 3 aliphatic heterocycles. The van der Waals surface area contributed by atoms with Crippen molar-refractivity contribution < 1.29 is 9.53 Å². The van der Waals surface area contributed by atoms with E-state index >= 15 is 0 Å². The number of rotatable bonds is 4. The first-order valence-electron chi connectivity index (χ1n) is 9.85. The molecule has 0 spiro atoms. The molecule has 5 heterocycles. The molecule has 144 valence electrons. The molecule has 2 bridgehead atoms. The Labute approximate surface area is 168 Å². The number of carbonyl (C=O) groups excluding carboxylic acids is 1. The highest BCUT2D eigenvalue weighted by atomic mass is 32.1. The lowest BCUT2D eigenvalue weighted by molar-refractivity contribution is -0.0741. The van der Waals surface area contributed by atoms with Crippen LogP contribution in [0.2, 0.25) is 0 Å². The number of carbonyl (C=O) groups is 1. The van der Waals surface area contributed by atoms with Crippen molar-refractivity contribution in [3.63, 3.8) is 0 Å². The maximum absolute atomic E-state index is 12.7. The zero-order valence-electron chi connectivity index (χ0n) is 15.6. The molecule has 28 heavy (non-hydrogen) atoms. The molecule has 2 aromatic heterocycles.